The molecule has 0 fully saturated rings. The van der Waals surface area contributed by atoms with E-state index in [-0.39, 0.29) is 5.41 Å². The summed E-state index contributed by atoms with van der Waals surface area (Å²) in [6.45, 7) is 8.02. The van der Waals surface area contributed by atoms with Crippen molar-refractivity contribution in [3.8, 4) is 5.69 Å². The first kappa shape index (κ1) is 18.1. The van der Waals surface area contributed by atoms with E-state index in [1.165, 1.54) is 12.1 Å². The van der Waals surface area contributed by atoms with E-state index in [9.17, 15) is 13.2 Å². The minimum atomic E-state index is -4.35. The van der Waals surface area contributed by atoms with Crippen LogP contribution in [-0.2, 0) is 16.3 Å². The molecule has 2 aromatic rings. The second-order valence-electron chi connectivity index (χ2n) is 6.67. The highest BCUT2D eigenvalue weighted by Crippen LogP contribution is 2.32. The summed E-state index contributed by atoms with van der Waals surface area (Å²) in [5.74, 6) is 0. The van der Waals surface area contributed by atoms with Gasteiger partial charge in [-0.25, -0.2) is 4.68 Å². The van der Waals surface area contributed by atoms with Crippen LogP contribution in [0.4, 0.5) is 13.2 Å². The third kappa shape index (κ3) is 3.80. The molecule has 0 amide bonds. The molecule has 130 valence electrons. The summed E-state index contributed by atoms with van der Waals surface area (Å²) in [7, 11) is 1.57. The molecule has 0 saturated heterocycles. The van der Waals surface area contributed by atoms with Crippen molar-refractivity contribution in [2.45, 2.75) is 39.3 Å². The van der Waals surface area contributed by atoms with Crippen LogP contribution in [0.25, 0.3) is 11.3 Å². The van der Waals surface area contributed by atoms with Crippen molar-refractivity contribution in [2.75, 3.05) is 7.11 Å². The van der Waals surface area contributed by atoms with Gasteiger partial charge >= 0.3 is 6.18 Å². The number of hydrogen-bond acceptors (Lipinski definition) is 2. The molecule has 0 bridgehead atoms. The lowest BCUT2D eigenvalue weighted by Gasteiger charge is -2.17. The number of benzene rings is 1. The number of hydrogen-bond donors (Lipinski definition) is 0. The van der Waals surface area contributed by atoms with Crippen molar-refractivity contribution < 1.29 is 17.9 Å². The number of halogens is 3. The highest BCUT2D eigenvalue weighted by Gasteiger charge is 2.30. The van der Waals surface area contributed by atoms with Crippen LogP contribution in [0.3, 0.4) is 0 Å². The van der Waals surface area contributed by atoms with Gasteiger partial charge in [0.25, 0.3) is 0 Å². The molecule has 0 spiro atoms. The Morgan fingerprint density at radius 3 is 2.17 bits per heavy atom. The Morgan fingerprint density at radius 2 is 1.71 bits per heavy atom. The Bertz CT molecular complexity index is 735. The molecule has 0 aliphatic heterocycles. The maximum Gasteiger partial charge on any atom is 0.416 e. The molecule has 0 aliphatic carbocycles. The second kappa shape index (κ2) is 6.34. The number of allylic oxidation sites excluding steroid dienone is 1. The lowest BCUT2D eigenvalue weighted by molar-refractivity contribution is -0.137. The Balaban J connectivity index is 2.50. The quantitative estimate of drug-likeness (QED) is 0.720. The van der Waals surface area contributed by atoms with Gasteiger partial charge < -0.3 is 4.74 Å². The molecule has 3 nitrogen and oxygen atoms in total. The standard InChI is InChI=1S/C18H21F3N2O/c1-12(11-24-5)15-10-23(22-16(15)17(2,3)4)14-8-6-13(7-9-14)18(19,20)21/h6-11H,1-5H3/b12-11+. The smallest absolute Gasteiger partial charge is 0.416 e. The largest absolute Gasteiger partial charge is 0.504 e. The van der Waals surface area contributed by atoms with Crippen LogP contribution in [0.15, 0.2) is 36.7 Å². The molecule has 24 heavy (non-hydrogen) atoms. The maximum atomic E-state index is 12.7. The number of aromatic nitrogens is 2. The number of nitrogens with zero attached hydrogens (tertiary/aromatic N) is 2. The van der Waals surface area contributed by atoms with E-state index in [2.05, 4.69) is 5.10 Å². The number of methoxy groups -OCH3 is 1. The Kier molecular flexibility index (Phi) is 4.78. The highest BCUT2D eigenvalue weighted by molar-refractivity contribution is 5.65. The molecule has 0 aliphatic rings. The summed E-state index contributed by atoms with van der Waals surface area (Å²) in [6.07, 6.45) is -0.903. The monoisotopic (exact) mass is 338 g/mol. The zero-order chi connectivity index (χ0) is 18.1. The second-order valence-corrected chi connectivity index (χ2v) is 6.67. The molecule has 0 saturated carbocycles. The normalized spacial score (nSPS) is 13.2. The summed E-state index contributed by atoms with van der Waals surface area (Å²) in [6, 6.07) is 4.96. The average Bonchev–Trinajstić information content (AvgIpc) is 2.92. The first-order chi connectivity index (χ1) is 11.0. The van der Waals surface area contributed by atoms with Gasteiger partial charge in [0, 0.05) is 17.2 Å². The number of ether oxygens (including phenoxy) is 1. The van der Waals surface area contributed by atoms with Crippen LogP contribution in [0.2, 0.25) is 0 Å². The van der Waals surface area contributed by atoms with Crippen LogP contribution in [-0.4, -0.2) is 16.9 Å². The molecule has 6 heteroatoms. The summed E-state index contributed by atoms with van der Waals surface area (Å²) in [4.78, 5) is 0. The Labute approximate surface area is 139 Å². The van der Waals surface area contributed by atoms with E-state index in [0.29, 0.717) is 5.69 Å². The summed E-state index contributed by atoms with van der Waals surface area (Å²) in [5.41, 5.74) is 2.35. The van der Waals surface area contributed by atoms with Crippen molar-refractivity contribution in [2.24, 2.45) is 0 Å². The molecule has 0 unspecified atom stereocenters. The SMILES string of the molecule is CO/C=C(\C)c1cn(-c2ccc(C(F)(F)F)cc2)nc1C(C)(C)C. The Morgan fingerprint density at radius 1 is 1.12 bits per heavy atom. The van der Waals surface area contributed by atoms with Crippen molar-refractivity contribution in [1.29, 1.82) is 0 Å². The zero-order valence-corrected chi connectivity index (χ0v) is 14.4. The maximum absolute atomic E-state index is 12.7. The summed E-state index contributed by atoms with van der Waals surface area (Å²) < 4.78 is 44.8. The van der Waals surface area contributed by atoms with Gasteiger partial charge in [-0.1, -0.05) is 20.8 Å². The van der Waals surface area contributed by atoms with E-state index in [0.717, 1.165) is 29.0 Å². The van der Waals surface area contributed by atoms with Crippen LogP contribution in [0.5, 0.6) is 0 Å². The van der Waals surface area contributed by atoms with Gasteiger partial charge in [0.15, 0.2) is 0 Å². The molecule has 2 rings (SSSR count). The topological polar surface area (TPSA) is 27.1 Å². The molecule has 1 aromatic carbocycles. The molecule has 1 heterocycles. The van der Waals surface area contributed by atoms with Gasteiger partial charge in [-0.05, 0) is 36.8 Å². The average molecular weight is 338 g/mol. The minimum Gasteiger partial charge on any atom is -0.504 e. The molecule has 0 radical (unpaired) electrons. The lowest BCUT2D eigenvalue weighted by Crippen LogP contribution is -2.14. The van der Waals surface area contributed by atoms with Gasteiger partial charge in [0.05, 0.1) is 30.3 Å². The number of rotatable bonds is 3. The van der Waals surface area contributed by atoms with Crippen molar-refractivity contribution in [1.82, 2.24) is 9.78 Å². The fourth-order valence-electron chi connectivity index (χ4n) is 2.39. The highest BCUT2D eigenvalue weighted by atomic mass is 19.4. The van der Waals surface area contributed by atoms with Gasteiger partial charge in [-0.15, -0.1) is 0 Å². The molecule has 0 atom stereocenters. The van der Waals surface area contributed by atoms with Crippen molar-refractivity contribution >= 4 is 5.57 Å². The molecular weight excluding hydrogens is 317 g/mol. The van der Waals surface area contributed by atoms with Crippen LogP contribution < -0.4 is 0 Å². The third-order valence-corrected chi connectivity index (χ3v) is 3.60. The predicted octanol–water partition coefficient (Wildman–Crippen LogP) is 5.20. The van der Waals surface area contributed by atoms with Crippen molar-refractivity contribution in [3.05, 3.63) is 53.5 Å². The minimum absolute atomic E-state index is 0.213. The first-order valence-electron chi connectivity index (χ1n) is 7.52. The van der Waals surface area contributed by atoms with E-state index < -0.39 is 11.7 Å². The van der Waals surface area contributed by atoms with Gasteiger partial charge in [0.1, 0.15) is 0 Å². The number of alkyl halides is 3. The Hall–Kier alpha value is -2.24. The predicted molar refractivity (Wildman–Crippen MR) is 87.9 cm³/mol. The van der Waals surface area contributed by atoms with E-state index in [4.69, 9.17) is 4.74 Å². The van der Waals surface area contributed by atoms with Gasteiger partial charge in [0.2, 0.25) is 0 Å². The summed E-state index contributed by atoms with van der Waals surface area (Å²) >= 11 is 0. The fourth-order valence-corrected chi connectivity index (χ4v) is 2.39. The van der Waals surface area contributed by atoms with Crippen LogP contribution in [0.1, 0.15) is 44.5 Å². The molecule has 1 aromatic heterocycles. The van der Waals surface area contributed by atoms with Crippen LogP contribution >= 0.6 is 0 Å². The van der Waals surface area contributed by atoms with Gasteiger partial charge in [-0.3, -0.25) is 0 Å². The van der Waals surface area contributed by atoms with E-state index in [1.54, 1.807) is 18.1 Å². The van der Waals surface area contributed by atoms with E-state index >= 15 is 0 Å². The van der Waals surface area contributed by atoms with Gasteiger partial charge in [-0.2, -0.15) is 18.3 Å². The van der Waals surface area contributed by atoms with Crippen molar-refractivity contribution in [3.63, 3.8) is 0 Å². The van der Waals surface area contributed by atoms with E-state index in [1.807, 2.05) is 33.9 Å². The zero-order valence-electron chi connectivity index (χ0n) is 14.4. The van der Waals surface area contributed by atoms with Crippen LogP contribution in [0, 0.1) is 0 Å². The summed E-state index contributed by atoms with van der Waals surface area (Å²) in [5, 5.41) is 4.59. The first-order valence-corrected chi connectivity index (χ1v) is 7.52. The molecule has 0 N–H and O–H groups in total. The third-order valence-electron chi connectivity index (χ3n) is 3.60. The fraction of sp³-hybridized carbons (Fsp3) is 0.389. The molecular formula is C18H21F3N2O. The lowest BCUT2D eigenvalue weighted by atomic mass is 9.88.